The number of nitrogens with zero attached hydrogens (tertiary/aromatic N) is 4. The summed E-state index contributed by atoms with van der Waals surface area (Å²) < 4.78 is 7.79. The van der Waals surface area contributed by atoms with Gasteiger partial charge in [0.25, 0.3) is 0 Å². The minimum atomic E-state index is -0.0576. The number of pyridine rings is 1. The minimum Gasteiger partial charge on any atom is -0.484 e. The van der Waals surface area contributed by atoms with Crippen molar-refractivity contribution in [1.29, 1.82) is 0 Å². The third kappa shape index (κ3) is 2.58. The molecule has 100 valence electrons. The molecule has 6 nitrogen and oxygen atoms in total. The normalized spacial score (nSPS) is 14.2. The molecule has 0 aromatic carbocycles. The average molecular weight is 260 g/mol. The van der Waals surface area contributed by atoms with Crippen LogP contribution in [0.1, 0.15) is 30.2 Å². The van der Waals surface area contributed by atoms with Gasteiger partial charge in [-0.1, -0.05) is 0 Å². The Bertz CT molecular complexity index is 550. The van der Waals surface area contributed by atoms with Crippen molar-refractivity contribution in [1.82, 2.24) is 19.7 Å². The summed E-state index contributed by atoms with van der Waals surface area (Å²) in [6, 6.07) is 3.54. The lowest BCUT2D eigenvalue weighted by Gasteiger charge is -2.14. The molecule has 1 aliphatic heterocycles. The van der Waals surface area contributed by atoms with E-state index in [1.807, 2.05) is 0 Å². The van der Waals surface area contributed by atoms with E-state index in [-0.39, 0.29) is 6.61 Å². The first-order chi connectivity index (χ1) is 9.36. The van der Waals surface area contributed by atoms with Crippen molar-refractivity contribution in [3.63, 3.8) is 0 Å². The van der Waals surface area contributed by atoms with E-state index in [0.717, 1.165) is 24.6 Å². The molecule has 0 saturated heterocycles. The van der Waals surface area contributed by atoms with Gasteiger partial charge >= 0.3 is 0 Å². The van der Waals surface area contributed by atoms with Gasteiger partial charge in [-0.25, -0.2) is 0 Å². The van der Waals surface area contributed by atoms with Crippen molar-refractivity contribution in [3.8, 4) is 5.75 Å². The maximum absolute atomic E-state index is 8.92. The molecule has 2 aromatic rings. The van der Waals surface area contributed by atoms with Crippen molar-refractivity contribution < 1.29 is 9.84 Å². The second-order valence-electron chi connectivity index (χ2n) is 4.57. The van der Waals surface area contributed by atoms with Crippen molar-refractivity contribution in [2.45, 2.75) is 39.0 Å². The Morgan fingerprint density at radius 2 is 2.21 bits per heavy atom. The van der Waals surface area contributed by atoms with Gasteiger partial charge in [0.15, 0.2) is 5.82 Å². The number of aliphatic hydroxyl groups is 1. The molecular weight excluding hydrogens is 244 g/mol. The van der Waals surface area contributed by atoms with E-state index < -0.39 is 0 Å². The van der Waals surface area contributed by atoms with E-state index >= 15 is 0 Å². The van der Waals surface area contributed by atoms with Gasteiger partial charge in [-0.2, -0.15) is 0 Å². The topological polar surface area (TPSA) is 73.1 Å². The maximum Gasteiger partial charge on any atom is 0.171 e. The summed E-state index contributed by atoms with van der Waals surface area (Å²) in [6.45, 7) is 1.31. The Balaban J connectivity index is 1.66. The third-order valence-corrected chi connectivity index (χ3v) is 3.26. The fourth-order valence-electron chi connectivity index (χ4n) is 2.21. The van der Waals surface area contributed by atoms with E-state index in [1.54, 1.807) is 18.3 Å². The summed E-state index contributed by atoms with van der Waals surface area (Å²) in [6.07, 6.45) is 4.97. The zero-order valence-corrected chi connectivity index (χ0v) is 10.6. The van der Waals surface area contributed by atoms with Gasteiger partial charge < -0.3 is 14.4 Å². The molecule has 6 heteroatoms. The van der Waals surface area contributed by atoms with Crippen LogP contribution in [0.2, 0.25) is 0 Å². The average Bonchev–Trinajstić information content (AvgIpc) is 2.89. The predicted molar refractivity (Wildman–Crippen MR) is 67.5 cm³/mol. The van der Waals surface area contributed by atoms with Crippen LogP contribution in [-0.4, -0.2) is 24.9 Å². The van der Waals surface area contributed by atoms with Gasteiger partial charge in [-0.15, -0.1) is 10.2 Å². The fraction of sp³-hybridized carbons (Fsp3) is 0.462. The molecule has 2 aromatic heterocycles. The van der Waals surface area contributed by atoms with Gasteiger partial charge in [0.05, 0.1) is 18.5 Å². The van der Waals surface area contributed by atoms with Gasteiger partial charge in [-0.3, -0.25) is 4.98 Å². The summed E-state index contributed by atoms with van der Waals surface area (Å²) in [7, 11) is 0. The van der Waals surface area contributed by atoms with Crippen LogP contribution < -0.4 is 4.74 Å². The molecule has 0 aliphatic carbocycles. The van der Waals surface area contributed by atoms with E-state index in [1.165, 1.54) is 12.8 Å². The second-order valence-corrected chi connectivity index (χ2v) is 4.57. The highest BCUT2D eigenvalue weighted by Crippen LogP contribution is 2.16. The lowest BCUT2D eigenvalue weighted by atomic mass is 10.2. The van der Waals surface area contributed by atoms with Crippen molar-refractivity contribution in [2.24, 2.45) is 0 Å². The molecule has 0 bridgehead atoms. The summed E-state index contributed by atoms with van der Waals surface area (Å²) >= 11 is 0. The second kappa shape index (κ2) is 5.36. The zero-order valence-electron chi connectivity index (χ0n) is 10.6. The minimum absolute atomic E-state index is 0.0576. The summed E-state index contributed by atoms with van der Waals surface area (Å²) in [4.78, 5) is 4.07. The largest absolute Gasteiger partial charge is 0.484 e. The van der Waals surface area contributed by atoms with Crippen LogP contribution in [-0.2, 0) is 26.2 Å². The van der Waals surface area contributed by atoms with Crippen LogP contribution in [0.3, 0.4) is 0 Å². The van der Waals surface area contributed by atoms with E-state index in [4.69, 9.17) is 9.84 Å². The number of aromatic nitrogens is 4. The molecule has 0 radical (unpaired) electrons. The number of hydrogen-bond donors (Lipinski definition) is 1. The highest BCUT2D eigenvalue weighted by molar-refractivity contribution is 5.19. The first kappa shape index (κ1) is 12.1. The molecule has 0 amide bonds. The zero-order chi connectivity index (χ0) is 13.1. The number of fused-ring (bicyclic) bond motifs is 1. The monoisotopic (exact) mass is 260 g/mol. The molecular formula is C13H16N4O2. The lowest BCUT2D eigenvalue weighted by Crippen LogP contribution is -2.14. The standard InChI is InChI=1S/C13H16N4O2/c18-8-10-4-5-11(7-14-10)19-9-13-16-15-12-3-1-2-6-17(12)13/h4-5,7,18H,1-3,6,8-9H2. The van der Waals surface area contributed by atoms with Gasteiger partial charge in [0.1, 0.15) is 18.2 Å². The lowest BCUT2D eigenvalue weighted by molar-refractivity contribution is 0.272. The molecule has 0 unspecified atom stereocenters. The molecule has 0 spiro atoms. The van der Waals surface area contributed by atoms with Crippen molar-refractivity contribution >= 4 is 0 Å². The van der Waals surface area contributed by atoms with Gasteiger partial charge in [-0.05, 0) is 25.0 Å². The van der Waals surface area contributed by atoms with Crippen molar-refractivity contribution in [2.75, 3.05) is 0 Å². The molecule has 0 atom stereocenters. The number of aliphatic hydroxyl groups excluding tert-OH is 1. The smallest absolute Gasteiger partial charge is 0.171 e. The Morgan fingerprint density at radius 1 is 1.26 bits per heavy atom. The van der Waals surface area contributed by atoms with Crippen LogP contribution in [0.15, 0.2) is 18.3 Å². The molecule has 3 rings (SSSR count). The summed E-state index contributed by atoms with van der Waals surface area (Å²) in [5.41, 5.74) is 0.632. The Hall–Kier alpha value is -1.95. The van der Waals surface area contributed by atoms with E-state index in [0.29, 0.717) is 18.1 Å². The van der Waals surface area contributed by atoms with E-state index in [2.05, 4.69) is 19.7 Å². The fourth-order valence-corrected chi connectivity index (χ4v) is 2.21. The molecule has 0 fully saturated rings. The molecule has 3 heterocycles. The van der Waals surface area contributed by atoms with Gasteiger partial charge in [0.2, 0.25) is 0 Å². The molecule has 1 N–H and O–H groups in total. The van der Waals surface area contributed by atoms with Crippen molar-refractivity contribution in [3.05, 3.63) is 35.7 Å². The highest BCUT2D eigenvalue weighted by Gasteiger charge is 2.15. The molecule has 1 aliphatic rings. The van der Waals surface area contributed by atoms with E-state index in [9.17, 15) is 0 Å². The third-order valence-electron chi connectivity index (χ3n) is 3.26. The van der Waals surface area contributed by atoms with Crippen LogP contribution in [0.25, 0.3) is 0 Å². The number of rotatable bonds is 4. The SMILES string of the molecule is OCc1ccc(OCc2nnc3n2CCCC3)cn1. The Kier molecular flexibility index (Phi) is 3.41. The number of aryl methyl sites for hydroxylation is 1. The quantitative estimate of drug-likeness (QED) is 0.890. The summed E-state index contributed by atoms with van der Waals surface area (Å²) in [5.74, 6) is 2.59. The first-order valence-corrected chi connectivity index (χ1v) is 6.46. The highest BCUT2D eigenvalue weighted by atomic mass is 16.5. The molecule has 19 heavy (non-hydrogen) atoms. The van der Waals surface area contributed by atoms with Crippen LogP contribution in [0.4, 0.5) is 0 Å². The Labute approximate surface area is 111 Å². The van der Waals surface area contributed by atoms with Crippen LogP contribution in [0, 0.1) is 0 Å². The number of ether oxygens (including phenoxy) is 1. The van der Waals surface area contributed by atoms with Crippen LogP contribution >= 0.6 is 0 Å². The predicted octanol–water partition coefficient (Wildman–Crippen LogP) is 1.08. The maximum atomic E-state index is 8.92. The van der Waals surface area contributed by atoms with Gasteiger partial charge in [0, 0.05) is 13.0 Å². The molecule has 0 saturated carbocycles. The van der Waals surface area contributed by atoms with Crippen LogP contribution in [0.5, 0.6) is 5.75 Å². The Morgan fingerprint density at radius 3 is 3.00 bits per heavy atom. The summed E-state index contributed by atoms with van der Waals surface area (Å²) in [5, 5.41) is 17.3. The first-order valence-electron chi connectivity index (χ1n) is 6.46. The number of hydrogen-bond acceptors (Lipinski definition) is 5.